The number of rotatable bonds is 7. The van der Waals surface area contributed by atoms with Gasteiger partial charge in [0.25, 0.3) is 0 Å². The zero-order valence-electron chi connectivity index (χ0n) is 11.3. The van der Waals surface area contributed by atoms with Gasteiger partial charge in [-0.1, -0.05) is 6.92 Å². The number of hydrogen-bond acceptors (Lipinski definition) is 5. The molecule has 0 heterocycles. The second kappa shape index (κ2) is 8.01. The zero-order chi connectivity index (χ0) is 15.0. The molecule has 0 bridgehead atoms. The number of sulfonamides is 1. The van der Waals surface area contributed by atoms with E-state index >= 15 is 0 Å². The summed E-state index contributed by atoms with van der Waals surface area (Å²) in [7, 11) is -3.60. The molecule has 0 spiro atoms. The number of nitrogen functional groups attached to an aromatic ring is 1. The number of carbonyl (C=O) groups is 1. The standard InChI is InChI=1S/C12H19N3O3S2/c1-2-7-14-12(16)15-20(17,18)9-8-19-11-5-3-10(13)4-6-11/h3-6H,2,7-9,13H2,1H3,(H2,14,15,16). The van der Waals surface area contributed by atoms with Crippen molar-refractivity contribution in [2.45, 2.75) is 18.2 Å². The number of hydrogen-bond donors (Lipinski definition) is 3. The maximum absolute atomic E-state index is 11.6. The third-order valence-corrected chi connectivity index (χ3v) is 4.79. The SMILES string of the molecule is CCCNC(=O)NS(=O)(=O)CCSc1ccc(N)cc1. The minimum Gasteiger partial charge on any atom is -0.399 e. The molecule has 0 aliphatic rings. The normalized spacial score (nSPS) is 11.1. The van der Waals surface area contributed by atoms with Crippen molar-refractivity contribution in [3.8, 4) is 0 Å². The minimum absolute atomic E-state index is 0.123. The Morgan fingerprint density at radius 2 is 1.95 bits per heavy atom. The fourth-order valence-corrected chi connectivity index (χ4v) is 3.53. The topological polar surface area (TPSA) is 101 Å². The largest absolute Gasteiger partial charge is 0.399 e. The van der Waals surface area contributed by atoms with Gasteiger partial charge in [0.2, 0.25) is 10.0 Å². The first-order valence-electron chi connectivity index (χ1n) is 6.19. The summed E-state index contributed by atoms with van der Waals surface area (Å²) in [6.07, 6.45) is 0.750. The highest BCUT2D eigenvalue weighted by Crippen LogP contribution is 2.19. The summed E-state index contributed by atoms with van der Waals surface area (Å²) in [5.41, 5.74) is 6.22. The van der Waals surface area contributed by atoms with Gasteiger partial charge in [0, 0.05) is 22.9 Å². The summed E-state index contributed by atoms with van der Waals surface area (Å²) in [5.74, 6) is 0.238. The second-order valence-electron chi connectivity index (χ2n) is 4.09. The smallest absolute Gasteiger partial charge is 0.328 e. The molecule has 0 unspecified atom stereocenters. The number of anilines is 1. The van der Waals surface area contributed by atoms with E-state index in [1.807, 2.05) is 23.8 Å². The van der Waals surface area contributed by atoms with Gasteiger partial charge >= 0.3 is 6.03 Å². The third kappa shape index (κ3) is 6.67. The monoisotopic (exact) mass is 317 g/mol. The van der Waals surface area contributed by atoms with Crippen LogP contribution in [-0.4, -0.2) is 32.5 Å². The lowest BCUT2D eigenvalue weighted by molar-refractivity contribution is 0.246. The molecule has 0 aromatic heterocycles. The molecular formula is C12H19N3O3S2. The van der Waals surface area contributed by atoms with Crippen LogP contribution in [0.4, 0.5) is 10.5 Å². The summed E-state index contributed by atoms with van der Waals surface area (Å²) >= 11 is 1.39. The van der Waals surface area contributed by atoms with E-state index in [1.54, 1.807) is 12.1 Å². The van der Waals surface area contributed by atoms with Crippen molar-refractivity contribution in [3.63, 3.8) is 0 Å². The number of nitrogens with one attached hydrogen (secondary N) is 2. The highest BCUT2D eigenvalue weighted by molar-refractivity contribution is 8.00. The number of urea groups is 1. The molecule has 0 aliphatic carbocycles. The molecule has 0 saturated heterocycles. The summed E-state index contributed by atoms with van der Waals surface area (Å²) in [6.45, 7) is 2.33. The van der Waals surface area contributed by atoms with Crippen LogP contribution in [0.25, 0.3) is 0 Å². The Kier molecular flexibility index (Phi) is 6.66. The Hall–Kier alpha value is -1.41. The van der Waals surface area contributed by atoms with Gasteiger partial charge in [-0.3, -0.25) is 0 Å². The molecule has 8 heteroatoms. The third-order valence-electron chi connectivity index (χ3n) is 2.28. The maximum Gasteiger partial charge on any atom is 0.328 e. The molecule has 0 fully saturated rings. The van der Waals surface area contributed by atoms with Crippen molar-refractivity contribution in [3.05, 3.63) is 24.3 Å². The maximum atomic E-state index is 11.6. The van der Waals surface area contributed by atoms with E-state index in [0.717, 1.165) is 11.3 Å². The van der Waals surface area contributed by atoms with Gasteiger partial charge in [-0.15, -0.1) is 11.8 Å². The highest BCUT2D eigenvalue weighted by Gasteiger charge is 2.13. The summed E-state index contributed by atoms with van der Waals surface area (Å²) in [4.78, 5) is 12.2. The van der Waals surface area contributed by atoms with Gasteiger partial charge in [0.15, 0.2) is 0 Å². The molecule has 0 atom stereocenters. The van der Waals surface area contributed by atoms with Crippen molar-refractivity contribution in [1.82, 2.24) is 10.0 Å². The molecule has 1 rings (SSSR count). The van der Waals surface area contributed by atoms with Crippen LogP contribution >= 0.6 is 11.8 Å². The molecular weight excluding hydrogens is 298 g/mol. The van der Waals surface area contributed by atoms with Crippen LogP contribution < -0.4 is 15.8 Å². The van der Waals surface area contributed by atoms with E-state index in [1.165, 1.54) is 11.8 Å². The highest BCUT2D eigenvalue weighted by atomic mass is 32.2. The first-order valence-corrected chi connectivity index (χ1v) is 8.83. The Morgan fingerprint density at radius 3 is 2.55 bits per heavy atom. The van der Waals surface area contributed by atoms with Gasteiger partial charge < -0.3 is 11.1 Å². The number of carbonyl (C=O) groups excluding carboxylic acids is 1. The quantitative estimate of drug-likeness (QED) is 0.521. The van der Waals surface area contributed by atoms with Gasteiger partial charge in [-0.25, -0.2) is 17.9 Å². The molecule has 0 saturated carbocycles. The number of benzene rings is 1. The molecule has 2 amide bonds. The average molecular weight is 317 g/mol. The lowest BCUT2D eigenvalue weighted by Crippen LogP contribution is -2.41. The van der Waals surface area contributed by atoms with Crippen LogP contribution in [0.3, 0.4) is 0 Å². The van der Waals surface area contributed by atoms with Gasteiger partial charge in [-0.2, -0.15) is 0 Å². The molecule has 0 radical (unpaired) electrons. The Labute approximate surface area is 123 Å². The van der Waals surface area contributed by atoms with Crippen molar-refractivity contribution in [1.29, 1.82) is 0 Å². The number of amides is 2. The summed E-state index contributed by atoms with van der Waals surface area (Å²) < 4.78 is 25.3. The van der Waals surface area contributed by atoms with Crippen molar-refractivity contribution >= 4 is 33.5 Å². The van der Waals surface area contributed by atoms with E-state index < -0.39 is 16.1 Å². The summed E-state index contributed by atoms with van der Waals surface area (Å²) in [5, 5.41) is 2.45. The fraction of sp³-hybridized carbons (Fsp3) is 0.417. The van der Waals surface area contributed by atoms with Crippen molar-refractivity contribution < 1.29 is 13.2 Å². The van der Waals surface area contributed by atoms with Crippen LogP contribution in [0, 0.1) is 0 Å². The Balaban J connectivity index is 2.36. The predicted molar refractivity (Wildman–Crippen MR) is 82.2 cm³/mol. The summed E-state index contributed by atoms with van der Waals surface area (Å²) in [6, 6.07) is 6.49. The van der Waals surface area contributed by atoms with Crippen molar-refractivity contribution in [2.24, 2.45) is 0 Å². The molecule has 0 aliphatic heterocycles. The van der Waals surface area contributed by atoms with E-state index in [9.17, 15) is 13.2 Å². The predicted octanol–water partition coefficient (Wildman–Crippen LogP) is 1.40. The minimum atomic E-state index is -3.60. The molecule has 1 aromatic rings. The number of thioether (sulfide) groups is 1. The second-order valence-corrected chi connectivity index (χ2v) is 7.10. The van der Waals surface area contributed by atoms with Crippen LogP contribution in [0.5, 0.6) is 0 Å². The van der Waals surface area contributed by atoms with Gasteiger partial charge in [-0.05, 0) is 30.7 Å². The zero-order valence-corrected chi connectivity index (χ0v) is 12.9. The van der Waals surface area contributed by atoms with E-state index in [0.29, 0.717) is 18.0 Å². The van der Waals surface area contributed by atoms with E-state index in [2.05, 4.69) is 5.32 Å². The number of nitrogens with two attached hydrogens (primary N) is 1. The lowest BCUT2D eigenvalue weighted by Gasteiger charge is -2.07. The van der Waals surface area contributed by atoms with Gasteiger partial charge in [0.1, 0.15) is 0 Å². The molecule has 20 heavy (non-hydrogen) atoms. The van der Waals surface area contributed by atoms with Crippen LogP contribution in [0.15, 0.2) is 29.2 Å². The van der Waals surface area contributed by atoms with Crippen LogP contribution in [-0.2, 0) is 10.0 Å². The van der Waals surface area contributed by atoms with E-state index in [4.69, 9.17) is 5.73 Å². The first kappa shape index (κ1) is 16.6. The Bertz CT molecular complexity index is 529. The lowest BCUT2D eigenvalue weighted by atomic mass is 10.3. The van der Waals surface area contributed by atoms with Gasteiger partial charge in [0.05, 0.1) is 5.75 Å². The molecule has 112 valence electrons. The molecule has 6 nitrogen and oxygen atoms in total. The van der Waals surface area contributed by atoms with E-state index in [-0.39, 0.29) is 5.75 Å². The van der Waals surface area contributed by atoms with Crippen LogP contribution in [0.2, 0.25) is 0 Å². The van der Waals surface area contributed by atoms with Crippen LogP contribution in [0.1, 0.15) is 13.3 Å². The average Bonchev–Trinajstić information content (AvgIpc) is 2.38. The Morgan fingerprint density at radius 1 is 1.30 bits per heavy atom. The fourth-order valence-electron chi connectivity index (χ4n) is 1.30. The molecule has 1 aromatic carbocycles. The first-order chi connectivity index (χ1) is 9.43. The molecule has 4 N–H and O–H groups in total. The van der Waals surface area contributed by atoms with Crippen molar-refractivity contribution in [2.75, 3.05) is 23.8 Å².